The van der Waals surface area contributed by atoms with E-state index in [0.29, 0.717) is 0 Å². The van der Waals surface area contributed by atoms with Crippen molar-refractivity contribution in [3.63, 3.8) is 0 Å². The van der Waals surface area contributed by atoms with Crippen LogP contribution in [0.4, 0.5) is 18.9 Å². The summed E-state index contributed by atoms with van der Waals surface area (Å²) in [7, 11) is 0. The maximum atomic E-state index is 12.2. The van der Waals surface area contributed by atoms with Gasteiger partial charge in [0, 0.05) is 16.3 Å². The van der Waals surface area contributed by atoms with Crippen molar-refractivity contribution in [2.75, 3.05) is 5.73 Å². The zero-order valence-electron chi connectivity index (χ0n) is 9.22. The van der Waals surface area contributed by atoms with E-state index in [1.54, 1.807) is 0 Å². The van der Waals surface area contributed by atoms with Crippen molar-refractivity contribution in [3.8, 4) is 0 Å². The predicted molar refractivity (Wildman–Crippen MR) is 59.4 cm³/mol. The van der Waals surface area contributed by atoms with Crippen molar-refractivity contribution in [2.24, 2.45) is 0 Å². The minimum atomic E-state index is -5.24. The molecule has 4 N–H and O–H groups in total. The number of nitrogen functional groups attached to an aromatic ring is 1. The van der Waals surface area contributed by atoms with Gasteiger partial charge in [-0.1, -0.05) is 25.4 Å². The monoisotopic (exact) mass is 271 g/mol. The molecular weight excluding hydrogens is 259 g/mol. The lowest BCUT2D eigenvalue weighted by molar-refractivity contribution is -0.357. The van der Waals surface area contributed by atoms with Crippen LogP contribution in [0.2, 0.25) is 5.02 Å². The Morgan fingerprint density at radius 2 is 1.65 bits per heavy atom. The first-order valence-corrected chi connectivity index (χ1v) is 5.11. The van der Waals surface area contributed by atoms with Crippen LogP contribution >= 0.6 is 11.6 Å². The van der Waals surface area contributed by atoms with E-state index >= 15 is 0 Å². The smallest absolute Gasteiger partial charge is 0.398 e. The molecule has 0 atom stereocenters. The molecule has 0 unspecified atom stereocenters. The molecule has 0 saturated carbocycles. The van der Waals surface area contributed by atoms with Gasteiger partial charge in [0.05, 0.1) is 0 Å². The van der Waals surface area contributed by atoms with Crippen molar-refractivity contribution < 1.29 is 23.4 Å². The lowest BCUT2D eigenvalue weighted by atomic mass is 10.0. The lowest BCUT2D eigenvalue weighted by Gasteiger charge is -2.26. The van der Waals surface area contributed by atoms with E-state index in [9.17, 15) is 13.2 Å². The summed E-state index contributed by atoms with van der Waals surface area (Å²) in [6.07, 6.45) is -5.24. The van der Waals surface area contributed by atoms with E-state index in [-0.39, 0.29) is 5.02 Å². The SMILES string of the molecule is CC.Nc1ccc(Cl)cc1C(O)(O)C(F)(F)F. The third kappa shape index (κ3) is 3.49. The molecule has 98 valence electrons. The van der Waals surface area contributed by atoms with Crippen molar-refractivity contribution in [1.82, 2.24) is 0 Å². The fourth-order valence-electron chi connectivity index (χ4n) is 0.983. The van der Waals surface area contributed by atoms with Gasteiger partial charge in [-0.15, -0.1) is 0 Å². The molecule has 0 heterocycles. The normalized spacial score (nSPS) is 11.8. The maximum Gasteiger partial charge on any atom is 0.447 e. The topological polar surface area (TPSA) is 66.5 Å². The van der Waals surface area contributed by atoms with Crippen LogP contribution in [0.1, 0.15) is 19.4 Å². The van der Waals surface area contributed by atoms with Crippen molar-refractivity contribution in [2.45, 2.75) is 25.8 Å². The Labute approximate surface area is 102 Å². The Morgan fingerprint density at radius 3 is 2.06 bits per heavy atom. The quantitative estimate of drug-likeness (QED) is 0.543. The Bertz CT molecular complexity index is 380. The van der Waals surface area contributed by atoms with Gasteiger partial charge in [-0.3, -0.25) is 0 Å². The number of benzene rings is 1. The first-order chi connectivity index (χ1) is 7.66. The molecule has 7 heteroatoms. The summed E-state index contributed by atoms with van der Waals surface area (Å²) in [6, 6.07) is 3.06. The molecular formula is C10H13ClF3NO2. The van der Waals surface area contributed by atoms with E-state index in [2.05, 4.69) is 0 Å². The summed E-state index contributed by atoms with van der Waals surface area (Å²) in [5.41, 5.74) is 3.91. The second kappa shape index (κ2) is 5.57. The van der Waals surface area contributed by atoms with Gasteiger partial charge < -0.3 is 15.9 Å². The number of halogens is 4. The number of alkyl halides is 3. The van der Waals surface area contributed by atoms with Gasteiger partial charge in [-0.25, -0.2) is 0 Å². The van der Waals surface area contributed by atoms with Gasteiger partial charge in [0.15, 0.2) is 0 Å². The summed E-state index contributed by atoms with van der Waals surface area (Å²) in [4.78, 5) is 0. The number of hydrogen-bond acceptors (Lipinski definition) is 3. The van der Waals surface area contributed by atoms with Crippen LogP contribution in [0.15, 0.2) is 18.2 Å². The fraction of sp³-hybridized carbons (Fsp3) is 0.400. The number of hydrogen-bond donors (Lipinski definition) is 3. The highest BCUT2D eigenvalue weighted by Gasteiger charge is 2.55. The number of nitrogens with two attached hydrogens (primary N) is 1. The van der Waals surface area contributed by atoms with E-state index in [1.807, 2.05) is 13.8 Å². The second-order valence-electron chi connectivity index (χ2n) is 2.90. The minimum Gasteiger partial charge on any atom is -0.398 e. The number of aliphatic hydroxyl groups is 2. The Balaban J connectivity index is 0.00000121. The van der Waals surface area contributed by atoms with E-state index in [1.165, 1.54) is 6.07 Å². The van der Waals surface area contributed by atoms with Crippen LogP contribution in [0.5, 0.6) is 0 Å². The molecule has 0 spiro atoms. The minimum absolute atomic E-state index is 0.0732. The molecule has 0 amide bonds. The highest BCUT2D eigenvalue weighted by molar-refractivity contribution is 6.30. The molecule has 0 saturated heterocycles. The average molecular weight is 272 g/mol. The van der Waals surface area contributed by atoms with Crippen LogP contribution in [0.3, 0.4) is 0 Å². The molecule has 0 fully saturated rings. The third-order valence-corrected chi connectivity index (χ3v) is 2.02. The number of rotatable bonds is 1. The summed E-state index contributed by atoms with van der Waals surface area (Å²) in [5.74, 6) is -4.00. The van der Waals surface area contributed by atoms with Crippen LogP contribution in [0.25, 0.3) is 0 Å². The van der Waals surface area contributed by atoms with Gasteiger partial charge in [-0.2, -0.15) is 13.2 Å². The molecule has 0 radical (unpaired) electrons. The maximum absolute atomic E-state index is 12.2. The largest absolute Gasteiger partial charge is 0.447 e. The fourth-order valence-corrected chi connectivity index (χ4v) is 1.16. The molecule has 17 heavy (non-hydrogen) atoms. The summed E-state index contributed by atoms with van der Waals surface area (Å²) >= 11 is 5.43. The third-order valence-electron chi connectivity index (χ3n) is 1.79. The van der Waals surface area contributed by atoms with Crippen LogP contribution in [0, 0.1) is 0 Å². The highest BCUT2D eigenvalue weighted by atomic mass is 35.5. The summed E-state index contributed by atoms with van der Waals surface area (Å²) in [6.45, 7) is 4.00. The molecule has 0 aromatic heterocycles. The van der Waals surface area contributed by atoms with Crippen molar-refractivity contribution in [3.05, 3.63) is 28.8 Å². The highest BCUT2D eigenvalue weighted by Crippen LogP contribution is 2.39. The van der Waals surface area contributed by atoms with Crippen molar-refractivity contribution >= 4 is 17.3 Å². The van der Waals surface area contributed by atoms with Crippen molar-refractivity contribution in [1.29, 1.82) is 0 Å². The van der Waals surface area contributed by atoms with Gasteiger partial charge >= 0.3 is 6.18 Å². The molecule has 1 rings (SSSR count). The van der Waals surface area contributed by atoms with Crippen LogP contribution < -0.4 is 5.73 Å². The second-order valence-corrected chi connectivity index (χ2v) is 3.34. The van der Waals surface area contributed by atoms with Gasteiger partial charge in [0.2, 0.25) is 0 Å². The molecule has 0 aliphatic carbocycles. The first kappa shape index (κ1) is 16.0. The Morgan fingerprint density at radius 1 is 1.18 bits per heavy atom. The number of anilines is 1. The zero-order chi connectivity index (χ0) is 13.9. The predicted octanol–water partition coefficient (Wildman–Crippen LogP) is 2.65. The lowest BCUT2D eigenvalue weighted by Crippen LogP contribution is -2.42. The van der Waals surface area contributed by atoms with Gasteiger partial charge in [0.25, 0.3) is 5.79 Å². The zero-order valence-corrected chi connectivity index (χ0v) is 9.97. The van der Waals surface area contributed by atoms with Crippen LogP contribution in [-0.4, -0.2) is 16.4 Å². The van der Waals surface area contributed by atoms with E-state index in [4.69, 9.17) is 27.5 Å². The molecule has 3 nitrogen and oxygen atoms in total. The van der Waals surface area contributed by atoms with Crippen LogP contribution in [-0.2, 0) is 5.79 Å². The standard InChI is InChI=1S/C8H7ClF3NO2.C2H6/c9-4-1-2-6(13)5(3-4)7(14,15)8(10,11)12;1-2/h1-3,14-15H,13H2;1-2H3. The van der Waals surface area contributed by atoms with E-state index < -0.39 is 23.2 Å². The summed E-state index contributed by atoms with van der Waals surface area (Å²) < 4.78 is 36.7. The molecule has 0 aliphatic rings. The first-order valence-electron chi connectivity index (χ1n) is 4.73. The molecule has 0 bridgehead atoms. The Kier molecular flexibility index (Phi) is 5.25. The van der Waals surface area contributed by atoms with Gasteiger partial charge in [-0.05, 0) is 18.2 Å². The molecule has 0 aliphatic heterocycles. The summed E-state index contributed by atoms with van der Waals surface area (Å²) in [5, 5.41) is 17.8. The average Bonchev–Trinajstić information content (AvgIpc) is 2.23. The molecule has 1 aromatic rings. The van der Waals surface area contributed by atoms with E-state index in [0.717, 1.165) is 12.1 Å². The van der Waals surface area contributed by atoms with Gasteiger partial charge in [0.1, 0.15) is 0 Å². The Hall–Kier alpha value is -0.980. The molecule has 1 aromatic carbocycles.